The summed E-state index contributed by atoms with van der Waals surface area (Å²) < 4.78 is 5.19. The van der Waals surface area contributed by atoms with Crippen LogP contribution >= 0.6 is 0 Å². The van der Waals surface area contributed by atoms with Gasteiger partial charge in [-0.25, -0.2) is 0 Å². The van der Waals surface area contributed by atoms with Crippen LogP contribution in [-0.2, 0) is 4.79 Å². The fourth-order valence-corrected chi connectivity index (χ4v) is 1.49. The summed E-state index contributed by atoms with van der Waals surface area (Å²) in [5.41, 5.74) is 0.980. The second-order valence-corrected chi connectivity index (χ2v) is 3.53. The van der Waals surface area contributed by atoms with Crippen molar-refractivity contribution in [3.63, 3.8) is 0 Å². The molecule has 1 aromatic rings. The van der Waals surface area contributed by atoms with E-state index in [4.69, 9.17) is 9.84 Å². The predicted molar refractivity (Wildman–Crippen MR) is 60.0 cm³/mol. The lowest BCUT2D eigenvalue weighted by molar-refractivity contribution is -0.118. The Morgan fingerprint density at radius 1 is 1.53 bits per heavy atom. The first kappa shape index (κ1) is 11.4. The van der Waals surface area contributed by atoms with Crippen LogP contribution in [0.25, 0.3) is 0 Å². The third-order valence-electron chi connectivity index (χ3n) is 2.27. The lowest BCUT2D eigenvalue weighted by atomic mass is 10.1. The van der Waals surface area contributed by atoms with Crippen LogP contribution in [0.4, 0.5) is 5.69 Å². The van der Waals surface area contributed by atoms with E-state index in [1.54, 1.807) is 18.2 Å². The molecule has 17 heavy (non-hydrogen) atoms. The number of hydrogen-bond donors (Lipinski definition) is 3. The minimum atomic E-state index is -0.289. The largest absolute Gasteiger partial charge is 0.482 e. The highest BCUT2D eigenvalue weighted by Gasteiger charge is 2.17. The highest BCUT2D eigenvalue weighted by molar-refractivity contribution is 5.98. The molecule has 2 amide bonds. The molecule has 2 rings (SSSR count). The molecule has 1 heterocycles. The smallest absolute Gasteiger partial charge is 0.262 e. The molecular formula is C11H12N2O4. The summed E-state index contributed by atoms with van der Waals surface area (Å²) in [4.78, 5) is 22.6. The summed E-state index contributed by atoms with van der Waals surface area (Å²) in [6.07, 6.45) is 0. The molecule has 0 atom stereocenters. The van der Waals surface area contributed by atoms with Gasteiger partial charge >= 0.3 is 0 Å². The first-order valence-electron chi connectivity index (χ1n) is 5.16. The maximum atomic E-state index is 11.6. The number of nitrogens with one attached hydrogen (secondary N) is 2. The minimum Gasteiger partial charge on any atom is -0.482 e. The van der Waals surface area contributed by atoms with Crippen molar-refractivity contribution in [2.24, 2.45) is 0 Å². The zero-order valence-corrected chi connectivity index (χ0v) is 9.03. The molecule has 6 nitrogen and oxygen atoms in total. The quantitative estimate of drug-likeness (QED) is 0.674. The van der Waals surface area contributed by atoms with Crippen molar-refractivity contribution < 1.29 is 19.4 Å². The molecule has 0 saturated carbocycles. The lowest BCUT2D eigenvalue weighted by Gasteiger charge is -2.18. The molecule has 1 aliphatic heterocycles. The van der Waals surface area contributed by atoms with Crippen LogP contribution in [-0.4, -0.2) is 36.7 Å². The zero-order valence-electron chi connectivity index (χ0n) is 9.03. The number of amides is 2. The van der Waals surface area contributed by atoms with E-state index in [0.717, 1.165) is 0 Å². The topological polar surface area (TPSA) is 87.7 Å². The molecule has 90 valence electrons. The number of carbonyl (C=O) groups is 2. The zero-order chi connectivity index (χ0) is 12.3. The Labute approximate surface area is 97.6 Å². The Morgan fingerprint density at radius 3 is 3.12 bits per heavy atom. The summed E-state index contributed by atoms with van der Waals surface area (Å²) in [6.45, 7) is 0.0471. The first-order chi connectivity index (χ1) is 8.20. The number of aliphatic hydroxyl groups excluding tert-OH is 1. The van der Waals surface area contributed by atoms with Gasteiger partial charge in [0.1, 0.15) is 5.75 Å². The number of benzene rings is 1. The van der Waals surface area contributed by atoms with Gasteiger partial charge in [0.15, 0.2) is 6.61 Å². The van der Waals surface area contributed by atoms with Crippen molar-refractivity contribution >= 4 is 17.5 Å². The van der Waals surface area contributed by atoms with Gasteiger partial charge in [0, 0.05) is 12.1 Å². The van der Waals surface area contributed by atoms with Crippen molar-refractivity contribution in [3.05, 3.63) is 23.8 Å². The Morgan fingerprint density at radius 2 is 2.35 bits per heavy atom. The predicted octanol–water partition coefficient (Wildman–Crippen LogP) is -0.260. The van der Waals surface area contributed by atoms with Gasteiger partial charge in [0.05, 0.1) is 12.3 Å². The average Bonchev–Trinajstić information content (AvgIpc) is 2.35. The van der Waals surface area contributed by atoms with E-state index in [1.807, 2.05) is 0 Å². The molecule has 0 radical (unpaired) electrons. The number of ether oxygens (including phenoxy) is 1. The molecule has 0 spiro atoms. The minimum absolute atomic E-state index is 0.0469. The molecule has 6 heteroatoms. The number of rotatable bonds is 3. The Kier molecular flexibility index (Phi) is 3.24. The third kappa shape index (κ3) is 2.54. The van der Waals surface area contributed by atoms with Crippen molar-refractivity contribution in [1.82, 2.24) is 5.32 Å². The van der Waals surface area contributed by atoms with Gasteiger partial charge in [0.25, 0.3) is 11.8 Å². The van der Waals surface area contributed by atoms with E-state index in [0.29, 0.717) is 17.0 Å². The number of hydrogen-bond acceptors (Lipinski definition) is 4. The van der Waals surface area contributed by atoms with Gasteiger partial charge < -0.3 is 20.5 Å². The molecule has 3 N–H and O–H groups in total. The van der Waals surface area contributed by atoms with Crippen LogP contribution in [0.3, 0.4) is 0 Å². The normalized spacial score (nSPS) is 13.4. The van der Waals surface area contributed by atoms with Gasteiger partial charge in [-0.2, -0.15) is 0 Å². The highest BCUT2D eigenvalue weighted by atomic mass is 16.5. The van der Waals surface area contributed by atoms with Crippen LogP contribution in [0.5, 0.6) is 5.75 Å². The average molecular weight is 236 g/mol. The maximum absolute atomic E-state index is 11.6. The molecular weight excluding hydrogens is 224 g/mol. The van der Waals surface area contributed by atoms with E-state index < -0.39 is 0 Å². The molecule has 0 unspecified atom stereocenters. The maximum Gasteiger partial charge on any atom is 0.262 e. The van der Waals surface area contributed by atoms with Crippen molar-refractivity contribution in [2.45, 2.75) is 0 Å². The second kappa shape index (κ2) is 4.84. The Balaban J connectivity index is 2.16. The Bertz CT molecular complexity index is 459. The Hall–Kier alpha value is -2.08. The van der Waals surface area contributed by atoms with Gasteiger partial charge in [-0.1, -0.05) is 0 Å². The van der Waals surface area contributed by atoms with E-state index >= 15 is 0 Å². The van der Waals surface area contributed by atoms with Gasteiger partial charge in [-0.05, 0) is 18.2 Å². The first-order valence-corrected chi connectivity index (χ1v) is 5.16. The summed E-state index contributed by atoms with van der Waals surface area (Å²) in [5.74, 6) is -0.0291. The SMILES string of the molecule is O=C1COc2cc(C(=O)NCCO)ccc2N1. The molecule has 0 aromatic heterocycles. The van der Waals surface area contributed by atoms with Crippen LogP contribution in [0.2, 0.25) is 0 Å². The third-order valence-corrected chi connectivity index (χ3v) is 2.27. The number of carbonyl (C=O) groups excluding carboxylic acids is 2. The molecule has 1 aromatic carbocycles. The van der Waals surface area contributed by atoms with Crippen molar-refractivity contribution in [2.75, 3.05) is 25.1 Å². The summed E-state index contributed by atoms with van der Waals surface area (Å²) in [5, 5.41) is 13.8. The highest BCUT2D eigenvalue weighted by Crippen LogP contribution is 2.28. The van der Waals surface area contributed by atoms with E-state index in [2.05, 4.69) is 10.6 Å². The summed E-state index contributed by atoms with van der Waals surface area (Å²) >= 11 is 0. The van der Waals surface area contributed by atoms with Crippen LogP contribution in [0, 0.1) is 0 Å². The van der Waals surface area contributed by atoms with Crippen molar-refractivity contribution in [3.8, 4) is 5.75 Å². The second-order valence-electron chi connectivity index (χ2n) is 3.53. The van der Waals surface area contributed by atoms with Gasteiger partial charge in [-0.3, -0.25) is 9.59 Å². The summed E-state index contributed by atoms with van der Waals surface area (Å²) in [6, 6.07) is 4.75. The summed E-state index contributed by atoms with van der Waals surface area (Å²) in [7, 11) is 0. The molecule has 1 aliphatic rings. The lowest BCUT2D eigenvalue weighted by Crippen LogP contribution is -2.28. The molecule has 0 bridgehead atoms. The van der Waals surface area contributed by atoms with Crippen LogP contribution in [0.15, 0.2) is 18.2 Å². The fraction of sp³-hybridized carbons (Fsp3) is 0.273. The van der Waals surface area contributed by atoms with Crippen molar-refractivity contribution in [1.29, 1.82) is 0 Å². The molecule has 0 fully saturated rings. The van der Waals surface area contributed by atoms with Gasteiger partial charge in [0.2, 0.25) is 0 Å². The van der Waals surface area contributed by atoms with E-state index in [1.165, 1.54) is 0 Å². The van der Waals surface area contributed by atoms with E-state index in [9.17, 15) is 9.59 Å². The standard InChI is InChI=1S/C11H12N2O4/c14-4-3-12-11(16)7-1-2-8-9(5-7)17-6-10(15)13-8/h1-2,5,14H,3-4,6H2,(H,12,16)(H,13,15). The molecule has 0 aliphatic carbocycles. The molecule has 0 saturated heterocycles. The van der Waals surface area contributed by atoms with Gasteiger partial charge in [-0.15, -0.1) is 0 Å². The van der Waals surface area contributed by atoms with Crippen LogP contribution < -0.4 is 15.4 Å². The number of anilines is 1. The fourth-order valence-electron chi connectivity index (χ4n) is 1.49. The van der Waals surface area contributed by atoms with E-state index in [-0.39, 0.29) is 31.6 Å². The number of aliphatic hydroxyl groups is 1. The van der Waals surface area contributed by atoms with Crippen LogP contribution in [0.1, 0.15) is 10.4 Å². The monoisotopic (exact) mass is 236 g/mol. The number of fused-ring (bicyclic) bond motifs is 1.